The van der Waals surface area contributed by atoms with Crippen LogP contribution in [-0.4, -0.2) is 34.2 Å². The molecule has 1 aromatic heterocycles. The highest BCUT2D eigenvalue weighted by Crippen LogP contribution is 2.21. The number of rotatable bonds is 4. The largest absolute Gasteiger partial charge is 0.364 e. The Kier molecular flexibility index (Phi) is 7.51. The molecule has 6 nitrogen and oxygen atoms in total. The van der Waals surface area contributed by atoms with E-state index < -0.39 is 6.10 Å². The Balaban J connectivity index is 0.00000132. The van der Waals surface area contributed by atoms with E-state index in [9.17, 15) is 4.79 Å². The van der Waals surface area contributed by atoms with Crippen molar-refractivity contribution in [3.63, 3.8) is 0 Å². The number of ether oxygens (including phenoxy) is 1. The van der Waals surface area contributed by atoms with E-state index in [1.165, 1.54) is 0 Å². The van der Waals surface area contributed by atoms with E-state index in [2.05, 4.69) is 10.3 Å². The average molecular weight is 359 g/mol. The molecule has 3 N–H and O–H groups in total. The predicted molar refractivity (Wildman–Crippen MR) is 93.6 cm³/mol. The summed E-state index contributed by atoms with van der Waals surface area (Å²) in [6.07, 6.45) is 6.49. The molecule has 2 atom stereocenters. The van der Waals surface area contributed by atoms with E-state index in [1.54, 1.807) is 12.5 Å². The fourth-order valence-corrected chi connectivity index (χ4v) is 2.42. The molecule has 1 aromatic carbocycles. The molecule has 0 unspecified atom stereocenters. The maximum atomic E-state index is 12.1. The number of imidazole rings is 1. The molecule has 23 heavy (non-hydrogen) atoms. The van der Waals surface area contributed by atoms with Crippen LogP contribution in [0.2, 0.25) is 0 Å². The third-order valence-corrected chi connectivity index (χ3v) is 3.60. The quantitative estimate of drug-likeness (QED) is 0.877. The summed E-state index contributed by atoms with van der Waals surface area (Å²) in [5.41, 5.74) is 7.29. The van der Waals surface area contributed by atoms with Crippen molar-refractivity contribution < 1.29 is 9.53 Å². The number of benzene rings is 1. The van der Waals surface area contributed by atoms with Gasteiger partial charge in [-0.3, -0.25) is 4.79 Å². The zero-order valence-electron chi connectivity index (χ0n) is 12.4. The van der Waals surface area contributed by atoms with Crippen molar-refractivity contribution in [1.29, 1.82) is 0 Å². The first kappa shape index (κ1) is 19.4. The number of hydrogen-bond donors (Lipinski definition) is 2. The summed E-state index contributed by atoms with van der Waals surface area (Å²) >= 11 is 0. The van der Waals surface area contributed by atoms with Crippen LogP contribution in [0.4, 0.5) is 5.69 Å². The van der Waals surface area contributed by atoms with Crippen molar-refractivity contribution in [3.8, 4) is 5.69 Å². The van der Waals surface area contributed by atoms with Crippen LogP contribution in [0.1, 0.15) is 12.8 Å². The van der Waals surface area contributed by atoms with Crippen molar-refractivity contribution in [2.45, 2.75) is 25.0 Å². The number of hydrogen-bond acceptors (Lipinski definition) is 4. The Labute approximate surface area is 147 Å². The first-order valence-electron chi connectivity index (χ1n) is 7.01. The Bertz CT molecular complexity index is 604. The lowest BCUT2D eigenvalue weighted by Crippen LogP contribution is -2.29. The van der Waals surface area contributed by atoms with Gasteiger partial charge in [0, 0.05) is 30.3 Å². The van der Waals surface area contributed by atoms with E-state index in [-0.39, 0.29) is 36.8 Å². The van der Waals surface area contributed by atoms with Gasteiger partial charge >= 0.3 is 0 Å². The summed E-state index contributed by atoms with van der Waals surface area (Å²) in [6, 6.07) is 7.58. The van der Waals surface area contributed by atoms with E-state index in [4.69, 9.17) is 10.5 Å². The molecule has 0 saturated carbocycles. The molecular formula is C15H20Cl2N4O2. The standard InChI is InChI=1S/C15H18N4O2.2ClH/c16-9-13-5-6-14(21-13)15(20)18-11-1-3-12(4-2-11)19-8-7-17-10-19;;/h1-4,7-8,10,13-14H,5-6,9,16H2,(H,18,20);2*1H/t13-,14+;;/m1../s1. The molecular weight excluding hydrogens is 339 g/mol. The van der Waals surface area contributed by atoms with Crippen LogP contribution in [0, 0.1) is 0 Å². The van der Waals surface area contributed by atoms with Gasteiger partial charge in [0.1, 0.15) is 6.10 Å². The van der Waals surface area contributed by atoms with Crippen LogP contribution >= 0.6 is 24.8 Å². The highest BCUT2D eigenvalue weighted by atomic mass is 35.5. The van der Waals surface area contributed by atoms with Gasteiger partial charge in [0.2, 0.25) is 0 Å². The number of anilines is 1. The van der Waals surface area contributed by atoms with Crippen LogP contribution in [0.15, 0.2) is 43.0 Å². The number of nitrogens with zero attached hydrogens (tertiary/aromatic N) is 2. The number of nitrogens with one attached hydrogen (secondary N) is 1. The fraction of sp³-hybridized carbons (Fsp3) is 0.333. The minimum Gasteiger partial charge on any atom is -0.364 e. The van der Waals surface area contributed by atoms with E-state index in [0.717, 1.165) is 24.2 Å². The lowest BCUT2D eigenvalue weighted by molar-refractivity contribution is -0.126. The summed E-state index contributed by atoms with van der Waals surface area (Å²) in [6.45, 7) is 0.462. The second kappa shape index (κ2) is 8.88. The Morgan fingerprint density at radius 1 is 1.30 bits per heavy atom. The van der Waals surface area contributed by atoms with Gasteiger partial charge in [-0.1, -0.05) is 0 Å². The number of carbonyl (C=O) groups is 1. The highest BCUT2D eigenvalue weighted by Gasteiger charge is 2.29. The summed E-state index contributed by atoms with van der Waals surface area (Å²) < 4.78 is 7.48. The molecule has 0 aliphatic carbocycles. The zero-order chi connectivity index (χ0) is 14.7. The molecule has 1 fully saturated rings. The Morgan fingerprint density at radius 3 is 2.61 bits per heavy atom. The maximum absolute atomic E-state index is 12.1. The molecule has 1 saturated heterocycles. The van der Waals surface area contributed by atoms with Gasteiger partial charge in [-0.25, -0.2) is 4.98 Å². The van der Waals surface area contributed by atoms with Crippen molar-refractivity contribution >= 4 is 36.4 Å². The topological polar surface area (TPSA) is 82.2 Å². The van der Waals surface area contributed by atoms with Gasteiger partial charge in [-0.05, 0) is 37.1 Å². The van der Waals surface area contributed by atoms with Gasteiger partial charge < -0.3 is 20.4 Å². The average Bonchev–Trinajstić information content (AvgIpc) is 3.19. The molecule has 0 bridgehead atoms. The van der Waals surface area contributed by atoms with E-state index in [0.29, 0.717) is 6.54 Å². The molecule has 0 spiro atoms. The Morgan fingerprint density at radius 2 is 2.04 bits per heavy atom. The number of carbonyl (C=O) groups excluding carboxylic acids is 1. The van der Waals surface area contributed by atoms with Crippen LogP contribution in [0.5, 0.6) is 0 Å². The summed E-state index contributed by atoms with van der Waals surface area (Å²) in [4.78, 5) is 16.1. The van der Waals surface area contributed by atoms with E-state index in [1.807, 2.05) is 35.0 Å². The number of halogens is 2. The second-order valence-corrected chi connectivity index (χ2v) is 5.07. The third kappa shape index (κ3) is 4.68. The van der Waals surface area contributed by atoms with Crippen molar-refractivity contribution in [3.05, 3.63) is 43.0 Å². The fourth-order valence-electron chi connectivity index (χ4n) is 2.42. The molecule has 1 aliphatic rings. The van der Waals surface area contributed by atoms with E-state index >= 15 is 0 Å². The summed E-state index contributed by atoms with van der Waals surface area (Å²) in [5.74, 6) is -0.110. The first-order valence-corrected chi connectivity index (χ1v) is 7.01. The smallest absolute Gasteiger partial charge is 0.253 e. The number of amides is 1. The van der Waals surface area contributed by atoms with Gasteiger partial charge in [-0.15, -0.1) is 24.8 Å². The van der Waals surface area contributed by atoms with Gasteiger partial charge in [-0.2, -0.15) is 0 Å². The van der Waals surface area contributed by atoms with Crippen LogP contribution in [-0.2, 0) is 9.53 Å². The van der Waals surface area contributed by atoms with Gasteiger partial charge in [0.25, 0.3) is 5.91 Å². The maximum Gasteiger partial charge on any atom is 0.253 e. The van der Waals surface area contributed by atoms with Crippen molar-refractivity contribution in [2.75, 3.05) is 11.9 Å². The van der Waals surface area contributed by atoms with Crippen molar-refractivity contribution in [1.82, 2.24) is 9.55 Å². The molecule has 2 heterocycles. The van der Waals surface area contributed by atoms with Crippen molar-refractivity contribution in [2.24, 2.45) is 5.73 Å². The first-order chi connectivity index (χ1) is 10.3. The minimum atomic E-state index is -0.396. The molecule has 0 radical (unpaired) electrons. The molecule has 3 rings (SSSR count). The predicted octanol–water partition coefficient (Wildman–Crippen LogP) is 2.16. The van der Waals surface area contributed by atoms with Gasteiger partial charge in [0.05, 0.1) is 12.4 Å². The minimum absolute atomic E-state index is 0. The third-order valence-electron chi connectivity index (χ3n) is 3.60. The highest BCUT2D eigenvalue weighted by molar-refractivity contribution is 5.94. The molecule has 1 amide bonds. The lowest BCUT2D eigenvalue weighted by Gasteiger charge is -2.13. The lowest BCUT2D eigenvalue weighted by atomic mass is 10.2. The molecule has 8 heteroatoms. The number of aromatic nitrogens is 2. The van der Waals surface area contributed by atoms with Crippen LogP contribution in [0.3, 0.4) is 0 Å². The second-order valence-electron chi connectivity index (χ2n) is 5.07. The zero-order valence-corrected chi connectivity index (χ0v) is 14.1. The summed E-state index contributed by atoms with van der Waals surface area (Å²) in [5, 5.41) is 2.87. The summed E-state index contributed by atoms with van der Waals surface area (Å²) in [7, 11) is 0. The van der Waals surface area contributed by atoms with Gasteiger partial charge in [0.15, 0.2) is 0 Å². The number of nitrogens with two attached hydrogens (primary N) is 1. The normalized spacial score (nSPS) is 19.5. The van der Waals surface area contributed by atoms with Crippen LogP contribution < -0.4 is 11.1 Å². The van der Waals surface area contributed by atoms with Crippen LogP contribution in [0.25, 0.3) is 5.69 Å². The monoisotopic (exact) mass is 358 g/mol. The molecule has 126 valence electrons. The molecule has 1 aliphatic heterocycles. The molecule has 2 aromatic rings. The SMILES string of the molecule is Cl.Cl.NC[C@H]1CC[C@@H](C(=O)Nc2ccc(-n3ccnc3)cc2)O1. The Hall–Kier alpha value is -1.60.